The molecule has 2 N–H and O–H groups in total. The maximum atomic E-state index is 13.0. The van der Waals surface area contributed by atoms with E-state index in [9.17, 15) is 15.0 Å². The van der Waals surface area contributed by atoms with Crippen molar-refractivity contribution in [3.8, 4) is 0 Å². The highest BCUT2D eigenvalue weighted by Crippen LogP contribution is 2.62. The number of ketones is 1. The third-order valence-corrected chi connectivity index (χ3v) is 7.30. The highest BCUT2D eigenvalue weighted by atomic mass is 16.3. The van der Waals surface area contributed by atoms with Gasteiger partial charge in [0.25, 0.3) is 0 Å². The molecule has 3 rings (SSSR count). The van der Waals surface area contributed by atoms with Crippen molar-refractivity contribution in [1.82, 2.24) is 0 Å². The maximum Gasteiger partial charge on any atom is 0.160 e. The molecule has 0 bridgehead atoms. The molecule has 0 spiro atoms. The van der Waals surface area contributed by atoms with E-state index in [0.29, 0.717) is 6.42 Å². The summed E-state index contributed by atoms with van der Waals surface area (Å²) in [5.74, 6) is 0.453. The largest absolute Gasteiger partial charge is 0.393 e. The Labute approximate surface area is 139 Å². The predicted molar refractivity (Wildman–Crippen MR) is 90.8 cm³/mol. The number of hydrogen-bond donors (Lipinski definition) is 2. The fourth-order valence-electron chi connectivity index (χ4n) is 5.70. The van der Waals surface area contributed by atoms with Crippen molar-refractivity contribution in [2.45, 2.75) is 72.0 Å². The van der Waals surface area contributed by atoms with Crippen LogP contribution in [0.4, 0.5) is 0 Å². The highest BCUT2D eigenvalue weighted by molar-refractivity contribution is 5.99. The molecule has 0 aromatic heterocycles. The second kappa shape index (κ2) is 5.03. The number of Topliss-reactive ketones (excluding diaryl/α,β-unsaturated/α-hetero) is 1. The van der Waals surface area contributed by atoms with E-state index in [1.54, 1.807) is 6.08 Å². The molecule has 0 saturated heterocycles. The molecule has 0 aliphatic heterocycles. The normalized spacial score (nSPS) is 46.2. The van der Waals surface area contributed by atoms with Crippen LogP contribution in [0.15, 0.2) is 23.8 Å². The van der Waals surface area contributed by atoms with Gasteiger partial charge in [0.1, 0.15) is 0 Å². The van der Waals surface area contributed by atoms with Crippen LogP contribution in [-0.4, -0.2) is 28.2 Å². The van der Waals surface area contributed by atoms with Crippen LogP contribution in [0.5, 0.6) is 0 Å². The van der Waals surface area contributed by atoms with Crippen LogP contribution in [0.3, 0.4) is 0 Å². The summed E-state index contributed by atoms with van der Waals surface area (Å²) in [7, 11) is 0. The van der Waals surface area contributed by atoms with Gasteiger partial charge in [0.2, 0.25) is 0 Å². The molecule has 3 heteroatoms. The Balaban J connectivity index is 2.13. The monoisotopic (exact) mass is 318 g/mol. The number of rotatable bonds is 1. The van der Waals surface area contributed by atoms with Gasteiger partial charge in [0.05, 0.1) is 12.2 Å². The Hall–Kier alpha value is -0.930. The van der Waals surface area contributed by atoms with Crippen LogP contribution in [-0.2, 0) is 4.79 Å². The summed E-state index contributed by atoms with van der Waals surface area (Å²) in [5, 5.41) is 21.4. The van der Waals surface area contributed by atoms with Crippen LogP contribution in [0.2, 0.25) is 0 Å². The summed E-state index contributed by atoms with van der Waals surface area (Å²) in [5.41, 5.74) is 0.838. The predicted octanol–water partition coefficient (Wildman–Crippen LogP) is 3.41. The van der Waals surface area contributed by atoms with Crippen LogP contribution in [0, 0.1) is 22.2 Å². The number of allylic oxidation sites excluding steroid dienone is 1. The molecule has 5 atom stereocenters. The van der Waals surface area contributed by atoms with E-state index in [1.165, 1.54) is 0 Å². The summed E-state index contributed by atoms with van der Waals surface area (Å²) < 4.78 is 0. The molecule has 128 valence electrons. The van der Waals surface area contributed by atoms with Gasteiger partial charge in [-0.3, -0.25) is 4.79 Å². The first-order valence-electron chi connectivity index (χ1n) is 8.84. The van der Waals surface area contributed by atoms with E-state index >= 15 is 0 Å². The number of fused-ring (bicyclic) bond motifs is 2. The molecular formula is C20H30O3. The lowest BCUT2D eigenvalue weighted by Crippen LogP contribution is -2.55. The zero-order valence-corrected chi connectivity index (χ0v) is 14.9. The van der Waals surface area contributed by atoms with Gasteiger partial charge in [0, 0.05) is 17.4 Å². The van der Waals surface area contributed by atoms with E-state index in [0.717, 1.165) is 36.8 Å². The number of hydrogen-bond acceptors (Lipinski definition) is 3. The molecule has 23 heavy (non-hydrogen) atoms. The Morgan fingerprint density at radius 2 is 1.83 bits per heavy atom. The van der Waals surface area contributed by atoms with E-state index in [-0.39, 0.29) is 28.6 Å². The minimum atomic E-state index is -0.611. The minimum Gasteiger partial charge on any atom is -0.393 e. The Kier molecular flexibility index (Phi) is 3.70. The summed E-state index contributed by atoms with van der Waals surface area (Å²) in [4.78, 5) is 13.0. The smallest absolute Gasteiger partial charge is 0.160 e. The molecule has 0 aromatic carbocycles. The quantitative estimate of drug-likeness (QED) is 0.729. The van der Waals surface area contributed by atoms with Crippen molar-refractivity contribution in [3.63, 3.8) is 0 Å². The second-order valence-corrected chi connectivity index (χ2v) is 9.00. The Bertz CT molecular complexity index is 588. The molecule has 3 nitrogen and oxygen atoms in total. The number of aliphatic hydroxyl groups excluding tert-OH is 2. The number of carbonyl (C=O) groups excluding carboxylic acids is 1. The maximum absolute atomic E-state index is 13.0. The van der Waals surface area contributed by atoms with Crippen molar-refractivity contribution < 1.29 is 15.0 Å². The van der Waals surface area contributed by atoms with E-state index in [1.807, 2.05) is 6.92 Å². The number of aliphatic hydroxyl groups is 2. The SMILES string of the molecule is C=CC1(C)CC(=O)C2=C(CCC3C2(C)CCC(O)C3(C)C)C1O. The molecule has 5 unspecified atom stereocenters. The first kappa shape index (κ1) is 16.9. The van der Waals surface area contributed by atoms with Crippen LogP contribution in [0.25, 0.3) is 0 Å². The molecular weight excluding hydrogens is 288 g/mol. The minimum absolute atomic E-state index is 0.173. The average Bonchev–Trinajstić information content (AvgIpc) is 2.48. The van der Waals surface area contributed by atoms with Gasteiger partial charge in [-0.05, 0) is 48.0 Å². The zero-order chi connectivity index (χ0) is 17.2. The first-order chi connectivity index (χ1) is 10.6. The first-order valence-corrected chi connectivity index (χ1v) is 8.84. The van der Waals surface area contributed by atoms with Gasteiger partial charge >= 0.3 is 0 Å². The summed E-state index contributed by atoms with van der Waals surface area (Å²) in [6.07, 6.45) is 4.37. The van der Waals surface area contributed by atoms with Crippen LogP contribution in [0.1, 0.15) is 59.8 Å². The summed E-state index contributed by atoms with van der Waals surface area (Å²) >= 11 is 0. The molecule has 0 heterocycles. The van der Waals surface area contributed by atoms with E-state index in [2.05, 4.69) is 27.4 Å². The van der Waals surface area contributed by atoms with Crippen molar-refractivity contribution in [2.24, 2.45) is 22.2 Å². The Morgan fingerprint density at radius 1 is 1.17 bits per heavy atom. The Morgan fingerprint density at radius 3 is 2.43 bits per heavy atom. The number of carbonyl (C=O) groups is 1. The van der Waals surface area contributed by atoms with Gasteiger partial charge in [-0.15, -0.1) is 6.58 Å². The molecule has 0 amide bonds. The van der Waals surface area contributed by atoms with Crippen molar-refractivity contribution >= 4 is 5.78 Å². The van der Waals surface area contributed by atoms with Gasteiger partial charge in [-0.25, -0.2) is 0 Å². The fraction of sp³-hybridized carbons (Fsp3) is 0.750. The summed E-state index contributed by atoms with van der Waals surface area (Å²) in [6, 6.07) is 0. The van der Waals surface area contributed by atoms with Gasteiger partial charge in [-0.2, -0.15) is 0 Å². The van der Waals surface area contributed by atoms with Gasteiger partial charge in [0.15, 0.2) is 5.78 Å². The third kappa shape index (κ3) is 2.12. The molecule has 1 saturated carbocycles. The van der Waals surface area contributed by atoms with Crippen molar-refractivity contribution in [3.05, 3.63) is 23.8 Å². The molecule has 1 fully saturated rings. The molecule has 3 aliphatic carbocycles. The van der Waals surface area contributed by atoms with Crippen LogP contribution < -0.4 is 0 Å². The van der Waals surface area contributed by atoms with E-state index < -0.39 is 11.5 Å². The molecule has 3 aliphatic rings. The highest BCUT2D eigenvalue weighted by Gasteiger charge is 2.58. The zero-order valence-electron chi connectivity index (χ0n) is 14.9. The average molecular weight is 318 g/mol. The second-order valence-electron chi connectivity index (χ2n) is 9.00. The fourth-order valence-corrected chi connectivity index (χ4v) is 5.70. The van der Waals surface area contributed by atoms with Crippen molar-refractivity contribution in [1.29, 1.82) is 0 Å². The van der Waals surface area contributed by atoms with Gasteiger partial charge in [-0.1, -0.05) is 33.8 Å². The molecule has 0 aromatic rings. The standard InChI is InChI=1S/C20H30O3/c1-6-19(4)11-13(21)16-12(17(19)23)7-8-14-18(2,3)15(22)9-10-20(14,16)5/h6,14-15,17,22-23H,1,7-11H2,2-5H3. The lowest BCUT2D eigenvalue weighted by molar-refractivity contribution is -0.128. The molecule has 0 radical (unpaired) electrons. The lowest BCUT2D eigenvalue weighted by atomic mass is 9.47. The van der Waals surface area contributed by atoms with Crippen LogP contribution >= 0.6 is 0 Å². The van der Waals surface area contributed by atoms with Crippen molar-refractivity contribution in [2.75, 3.05) is 0 Å². The van der Waals surface area contributed by atoms with Gasteiger partial charge < -0.3 is 10.2 Å². The lowest BCUT2D eigenvalue weighted by Gasteiger charge is -2.58. The third-order valence-electron chi connectivity index (χ3n) is 7.30. The topological polar surface area (TPSA) is 57.5 Å². The summed E-state index contributed by atoms with van der Waals surface area (Å²) in [6.45, 7) is 12.2. The van der Waals surface area contributed by atoms with E-state index in [4.69, 9.17) is 0 Å².